The van der Waals surface area contributed by atoms with Crippen LogP contribution in [0.3, 0.4) is 0 Å². The Labute approximate surface area is 95.2 Å². The first kappa shape index (κ1) is 12.1. The van der Waals surface area contributed by atoms with Gasteiger partial charge in [0.15, 0.2) is 0 Å². The average Bonchev–Trinajstić information content (AvgIpc) is 2.26. The lowest BCUT2D eigenvalue weighted by molar-refractivity contribution is -0.118. The lowest BCUT2D eigenvalue weighted by Gasteiger charge is -2.05. The van der Waals surface area contributed by atoms with E-state index in [1.54, 1.807) is 7.11 Å². The molecule has 0 aliphatic rings. The van der Waals surface area contributed by atoms with Crippen LogP contribution in [-0.4, -0.2) is 12.9 Å². The van der Waals surface area contributed by atoms with Gasteiger partial charge in [-0.1, -0.05) is 24.6 Å². The van der Waals surface area contributed by atoms with E-state index in [1.165, 1.54) is 0 Å². The minimum Gasteiger partial charge on any atom is -0.495 e. The van der Waals surface area contributed by atoms with Crippen LogP contribution >= 0.6 is 11.6 Å². The Balaban J connectivity index is 2.63. The third-order valence-electron chi connectivity index (χ3n) is 2.30. The molecule has 0 spiro atoms. The fourth-order valence-electron chi connectivity index (χ4n) is 1.33. The summed E-state index contributed by atoms with van der Waals surface area (Å²) < 4.78 is 5.05. The number of benzene rings is 1. The van der Waals surface area contributed by atoms with Crippen LogP contribution in [-0.2, 0) is 11.2 Å². The lowest BCUT2D eigenvalue weighted by atomic mass is 10.1. The maximum Gasteiger partial charge on any atom is 0.137 e. The minimum absolute atomic E-state index is 0.280. The zero-order chi connectivity index (χ0) is 11.3. The summed E-state index contributed by atoms with van der Waals surface area (Å²) in [5.41, 5.74) is 1.07. The van der Waals surface area contributed by atoms with Crippen LogP contribution in [0.1, 0.15) is 25.3 Å². The summed E-state index contributed by atoms with van der Waals surface area (Å²) in [6.45, 7) is 1.88. The molecule has 0 saturated carbocycles. The van der Waals surface area contributed by atoms with E-state index in [9.17, 15) is 4.79 Å². The molecule has 15 heavy (non-hydrogen) atoms. The highest BCUT2D eigenvalue weighted by atomic mass is 35.5. The van der Waals surface area contributed by atoms with Crippen molar-refractivity contribution in [3.8, 4) is 5.75 Å². The summed E-state index contributed by atoms with van der Waals surface area (Å²) in [6.07, 6.45) is 1.93. The Morgan fingerprint density at radius 1 is 1.47 bits per heavy atom. The molecule has 0 amide bonds. The standard InChI is InChI=1S/C12H15ClO2/c1-3-10(14)6-4-9-5-7-12(15-2)11(13)8-9/h5,7-8H,3-4,6H2,1-2H3. The van der Waals surface area contributed by atoms with E-state index >= 15 is 0 Å². The van der Waals surface area contributed by atoms with Crippen molar-refractivity contribution >= 4 is 17.4 Å². The number of ketones is 1. The molecule has 0 radical (unpaired) electrons. The van der Waals surface area contributed by atoms with Crippen molar-refractivity contribution in [3.05, 3.63) is 28.8 Å². The van der Waals surface area contributed by atoms with E-state index in [2.05, 4.69) is 0 Å². The predicted octanol–water partition coefficient (Wildman–Crippen LogP) is 3.26. The van der Waals surface area contributed by atoms with Gasteiger partial charge in [-0.05, 0) is 24.1 Å². The van der Waals surface area contributed by atoms with E-state index in [0.717, 1.165) is 12.0 Å². The molecule has 0 unspecified atom stereocenters. The van der Waals surface area contributed by atoms with Crippen LogP contribution in [0.4, 0.5) is 0 Å². The van der Waals surface area contributed by atoms with Crippen molar-refractivity contribution in [1.82, 2.24) is 0 Å². The molecule has 3 heteroatoms. The molecule has 0 fully saturated rings. The van der Waals surface area contributed by atoms with E-state index in [0.29, 0.717) is 23.6 Å². The second-order valence-electron chi connectivity index (χ2n) is 3.36. The largest absolute Gasteiger partial charge is 0.495 e. The third-order valence-corrected chi connectivity index (χ3v) is 2.60. The molecule has 0 aliphatic carbocycles. The summed E-state index contributed by atoms with van der Waals surface area (Å²) in [4.78, 5) is 11.1. The number of hydrogen-bond donors (Lipinski definition) is 0. The van der Waals surface area contributed by atoms with Crippen molar-refractivity contribution < 1.29 is 9.53 Å². The molecular formula is C12H15ClO2. The molecule has 0 aromatic heterocycles. The molecule has 0 bridgehead atoms. The van der Waals surface area contributed by atoms with Gasteiger partial charge in [-0.2, -0.15) is 0 Å². The minimum atomic E-state index is 0.280. The quantitative estimate of drug-likeness (QED) is 0.771. The first-order chi connectivity index (χ1) is 7.17. The van der Waals surface area contributed by atoms with Gasteiger partial charge < -0.3 is 4.74 Å². The first-order valence-electron chi connectivity index (χ1n) is 5.01. The second kappa shape index (κ2) is 5.76. The highest BCUT2D eigenvalue weighted by molar-refractivity contribution is 6.32. The Morgan fingerprint density at radius 3 is 2.73 bits per heavy atom. The molecule has 0 atom stereocenters. The SMILES string of the molecule is CCC(=O)CCc1ccc(OC)c(Cl)c1. The Hall–Kier alpha value is -1.02. The smallest absolute Gasteiger partial charge is 0.137 e. The van der Waals surface area contributed by atoms with Crippen molar-refractivity contribution in [2.75, 3.05) is 7.11 Å². The highest BCUT2D eigenvalue weighted by Gasteiger charge is 2.03. The second-order valence-corrected chi connectivity index (χ2v) is 3.77. The van der Waals surface area contributed by atoms with Crippen LogP contribution < -0.4 is 4.74 Å². The number of halogens is 1. The number of Topliss-reactive ketones (excluding diaryl/α,β-unsaturated/α-hetero) is 1. The summed E-state index contributed by atoms with van der Waals surface area (Å²) in [6, 6.07) is 5.62. The molecule has 0 heterocycles. The Bertz CT molecular complexity index is 347. The van der Waals surface area contributed by atoms with Crippen LogP contribution in [0.25, 0.3) is 0 Å². The molecular weight excluding hydrogens is 212 g/mol. The molecule has 1 aromatic carbocycles. The maximum atomic E-state index is 11.1. The fraction of sp³-hybridized carbons (Fsp3) is 0.417. The fourth-order valence-corrected chi connectivity index (χ4v) is 1.61. The van der Waals surface area contributed by atoms with Crippen molar-refractivity contribution in [2.45, 2.75) is 26.2 Å². The summed E-state index contributed by atoms with van der Waals surface area (Å²) in [7, 11) is 1.58. The van der Waals surface area contributed by atoms with Crippen molar-refractivity contribution in [3.63, 3.8) is 0 Å². The van der Waals surface area contributed by atoms with Gasteiger partial charge in [0.25, 0.3) is 0 Å². The third kappa shape index (κ3) is 3.56. The summed E-state index contributed by atoms with van der Waals surface area (Å²) in [5, 5.41) is 0.596. The van der Waals surface area contributed by atoms with Gasteiger partial charge in [0.1, 0.15) is 11.5 Å². The van der Waals surface area contributed by atoms with Gasteiger partial charge in [0.05, 0.1) is 12.1 Å². The number of methoxy groups -OCH3 is 1. The number of rotatable bonds is 5. The zero-order valence-electron chi connectivity index (χ0n) is 9.05. The van der Waals surface area contributed by atoms with Crippen LogP contribution in [0.15, 0.2) is 18.2 Å². The Morgan fingerprint density at radius 2 is 2.20 bits per heavy atom. The van der Waals surface area contributed by atoms with Gasteiger partial charge in [-0.3, -0.25) is 4.79 Å². The molecule has 0 saturated heterocycles. The number of carbonyl (C=O) groups excluding carboxylic acids is 1. The predicted molar refractivity (Wildman–Crippen MR) is 61.6 cm³/mol. The summed E-state index contributed by atoms with van der Waals surface area (Å²) in [5.74, 6) is 0.948. The van der Waals surface area contributed by atoms with Crippen LogP contribution in [0.5, 0.6) is 5.75 Å². The number of ether oxygens (including phenoxy) is 1. The summed E-state index contributed by atoms with van der Waals surface area (Å²) >= 11 is 5.97. The maximum absolute atomic E-state index is 11.1. The van der Waals surface area contributed by atoms with E-state index in [1.807, 2.05) is 25.1 Å². The lowest BCUT2D eigenvalue weighted by Crippen LogP contribution is -1.97. The van der Waals surface area contributed by atoms with Gasteiger partial charge in [-0.15, -0.1) is 0 Å². The van der Waals surface area contributed by atoms with Gasteiger partial charge in [0.2, 0.25) is 0 Å². The highest BCUT2D eigenvalue weighted by Crippen LogP contribution is 2.25. The number of hydrogen-bond acceptors (Lipinski definition) is 2. The zero-order valence-corrected chi connectivity index (χ0v) is 9.80. The van der Waals surface area contributed by atoms with E-state index in [-0.39, 0.29) is 5.78 Å². The van der Waals surface area contributed by atoms with Crippen molar-refractivity contribution in [1.29, 1.82) is 0 Å². The monoisotopic (exact) mass is 226 g/mol. The molecule has 0 aliphatic heterocycles. The molecule has 2 nitrogen and oxygen atoms in total. The molecule has 1 aromatic rings. The topological polar surface area (TPSA) is 26.3 Å². The molecule has 0 N–H and O–H groups in total. The van der Waals surface area contributed by atoms with Crippen LogP contribution in [0, 0.1) is 0 Å². The van der Waals surface area contributed by atoms with E-state index < -0.39 is 0 Å². The van der Waals surface area contributed by atoms with Crippen LogP contribution in [0.2, 0.25) is 5.02 Å². The van der Waals surface area contributed by atoms with Gasteiger partial charge in [0, 0.05) is 12.8 Å². The molecule has 82 valence electrons. The van der Waals surface area contributed by atoms with Gasteiger partial charge >= 0.3 is 0 Å². The van der Waals surface area contributed by atoms with Gasteiger partial charge in [-0.25, -0.2) is 0 Å². The number of aryl methyl sites for hydroxylation is 1. The molecule has 1 rings (SSSR count). The number of carbonyl (C=O) groups is 1. The average molecular weight is 227 g/mol. The van der Waals surface area contributed by atoms with Crippen molar-refractivity contribution in [2.24, 2.45) is 0 Å². The normalized spacial score (nSPS) is 10.1. The Kier molecular flexibility index (Phi) is 4.63. The van der Waals surface area contributed by atoms with E-state index in [4.69, 9.17) is 16.3 Å². The first-order valence-corrected chi connectivity index (χ1v) is 5.39.